The zero-order valence-corrected chi connectivity index (χ0v) is 12.9. The van der Waals surface area contributed by atoms with E-state index in [0.29, 0.717) is 25.7 Å². The number of hydrogen-bond donors (Lipinski definition) is 2. The van der Waals surface area contributed by atoms with Gasteiger partial charge in [-0.3, -0.25) is 4.99 Å². The normalized spacial score (nSPS) is 11.6. The minimum atomic E-state index is 0.443. The zero-order chi connectivity index (χ0) is 15.6. The lowest BCUT2D eigenvalue weighted by Gasteiger charge is -2.09. The average Bonchev–Trinajstić information content (AvgIpc) is 2.96. The Labute approximate surface area is 131 Å². The van der Waals surface area contributed by atoms with Crippen molar-refractivity contribution >= 4 is 5.96 Å². The summed E-state index contributed by atoms with van der Waals surface area (Å²) in [6, 6.07) is 10.3. The van der Waals surface area contributed by atoms with Gasteiger partial charge in [0.25, 0.3) is 0 Å². The van der Waals surface area contributed by atoms with E-state index in [1.54, 1.807) is 7.11 Å². The van der Waals surface area contributed by atoms with E-state index in [4.69, 9.17) is 10.5 Å². The molecule has 0 aliphatic carbocycles. The third-order valence-electron chi connectivity index (χ3n) is 3.23. The molecule has 0 aliphatic heterocycles. The molecule has 6 heteroatoms. The van der Waals surface area contributed by atoms with Crippen molar-refractivity contribution in [1.29, 1.82) is 0 Å². The van der Waals surface area contributed by atoms with Crippen LogP contribution >= 0.6 is 0 Å². The van der Waals surface area contributed by atoms with Gasteiger partial charge in [-0.05, 0) is 5.56 Å². The number of ether oxygens (including phenoxy) is 1. The van der Waals surface area contributed by atoms with Crippen LogP contribution in [0.25, 0.3) is 0 Å². The monoisotopic (exact) mass is 301 g/mol. The van der Waals surface area contributed by atoms with Crippen molar-refractivity contribution in [2.45, 2.75) is 13.0 Å². The number of benzene rings is 1. The van der Waals surface area contributed by atoms with Gasteiger partial charge in [0.1, 0.15) is 5.82 Å². The standard InChI is InChI=1S/C16H23N5O/c1-22-12-10-20-16(17)19-8-7-15-18-9-11-21(15)13-14-5-3-2-4-6-14/h2-6,9,11H,7-8,10,12-13H2,1H3,(H3,17,19,20). The van der Waals surface area contributed by atoms with Crippen LogP contribution in [0.2, 0.25) is 0 Å². The topological polar surface area (TPSA) is 77.5 Å². The lowest BCUT2D eigenvalue weighted by atomic mass is 10.2. The summed E-state index contributed by atoms with van der Waals surface area (Å²) in [7, 11) is 1.64. The number of aliphatic imine (C=N–C) groups is 1. The Morgan fingerprint density at radius 3 is 2.95 bits per heavy atom. The van der Waals surface area contributed by atoms with E-state index in [1.165, 1.54) is 5.56 Å². The van der Waals surface area contributed by atoms with Crippen LogP contribution in [0.4, 0.5) is 0 Å². The Kier molecular flexibility index (Phi) is 6.44. The van der Waals surface area contributed by atoms with E-state index in [-0.39, 0.29) is 0 Å². The van der Waals surface area contributed by atoms with E-state index in [2.05, 4.69) is 32.0 Å². The molecule has 0 unspecified atom stereocenters. The molecule has 2 rings (SSSR count). The lowest BCUT2D eigenvalue weighted by molar-refractivity contribution is 0.208. The summed E-state index contributed by atoms with van der Waals surface area (Å²) >= 11 is 0. The van der Waals surface area contributed by atoms with Crippen LogP contribution in [0.3, 0.4) is 0 Å². The molecule has 118 valence electrons. The van der Waals surface area contributed by atoms with Crippen LogP contribution in [0, 0.1) is 0 Å². The first-order valence-electron chi connectivity index (χ1n) is 7.36. The predicted octanol–water partition coefficient (Wildman–Crippen LogP) is 1.02. The third kappa shape index (κ3) is 5.21. The van der Waals surface area contributed by atoms with Gasteiger partial charge in [-0.25, -0.2) is 4.98 Å². The van der Waals surface area contributed by atoms with Crippen LogP contribution in [0.5, 0.6) is 0 Å². The van der Waals surface area contributed by atoms with Crippen LogP contribution in [-0.4, -0.2) is 42.3 Å². The smallest absolute Gasteiger partial charge is 0.188 e. The van der Waals surface area contributed by atoms with Crippen molar-refractivity contribution in [3.8, 4) is 0 Å². The van der Waals surface area contributed by atoms with Crippen LogP contribution in [0.1, 0.15) is 11.4 Å². The van der Waals surface area contributed by atoms with Gasteiger partial charge in [-0.1, -0.05) is 30.3 Å². The molecule has 0 atom stereocenters. The number of methoxy groups -OCH3 is 1. The average molecular weight is 301 g/mol. The minimum Gasteiger partial charge on any atom is -0.383 e. The van der Waals surface area contributed by atoms with Gasteiger partial charge in [0, 0.05) is 39.0 Å². The highest BCUT2D eigenvalue weighted by atomic mass is 16.5. The maximum absolute atomic E-state index is 5.77. The summed E-state index contributed by atoms with van der Waals surface area (Å²) in [4.78, 5) is 8.56. The molecule has 0 fully saturated rings. The van der Waals surface area contributed by atoms with Crippen molar-refractivity contribution < 1.29 is 4.74 Å². The number of nitrogens with one attached hydrogen (secondary N) is 1. The van der Waals surface area contributed by atoms with Crippen LogP contribution in [-0.2, 0) is 17.7 Å². The second-order valence-electron chi connectivity index (χ2n) is 4.89. The first-order chi connectivity index (χ1) is 10.8. The number of imidazole rings is 1. The maximum Gasteiger partial charge on any atom is 0.188 e. The number of aromatic nitrogens is 2. The van der Waals surface area contributed by atoms with Crippen molar-refractivity contribution in [2.24, 2.45) is 10.7 Å². The molecular weight excluding hydrogens is 278 g/mol. The number of hydrogen-bond acceptors (Lipinski definition) is 3. The minimum absolute atomic E-state index is 0.443. The molecule has 6 nitrogen and oxygen atoms in total. The van der Waals surface area contributed by atoms with Crippen LogP contribution in [0.15, 0.2) is 47.7 Å². The molecular formula is C16H23N5O. The molecule has 1 aromatic heterocycles. The maximum atomic E-state index is 5.77. The Balaban J connectivity index is 1.82. The van der Waals surface area contributed by atoms with Gasteiger partial charge >= 0.3 is 0 Å². The fourth-order valence-corrected chi connectivity index (χ4v) is 2.11. The highest BCUT2D eigenvalue weighted by Crippen LogP contribution is 2.05. The van der Waals surface area contributed by atoms with E-state index < -0.39 is 0 Å². The van der Waals surface area contributed by atoms with E-state index in [0.717, 1.165) is 18.8 Å². The predicted molar refractivity (Wildman–Crippen MR) is 87.8 cm³/mol. The van der Waals surface area contributed by atoms with Gasteiger partial charge in [0.2, 0.25) is 0 Å². The molecule has 0 saturated heterocycles. The first-order valence-corrected chi connectivity index (χ1v) is 7.36. The zero-order valence-electron chi connectivity index (χ0n) is 12.9. The van der Waals surface area contributed by atoms with Gasteiger partial charge in [-0.15, -0.1) is 0 Å². The molecule has 0 radical (unpaired) electrons. The second kappa shape index (κ2) is 8.84. The summed E-state index contributed by atoms with van der Waals surface area (Å²) in [5, 5.41) is 3.09. The van der Waals surface area contributed by atoms with Gasteiger partial charge in [0.05, 0.1) is 13.2 Å². The lowest BCUT2D eigenvalue weighted by Crippen LogP contribution is -2.34. The van der Waals surface area contributed by atoms with Gasteiger partial charge in [-0.2, -0.15) is 0 Å². The summed E-state index contributed by atoms with van der Waals surface area (Å²) in [5.41, 5.74) is 7.03. The third-order valence-corrected chi connectivity index (χ3v) is 3.23. The molecule has 1 aromatic carbocycles. The highest BCUT2D eigenvalue weighted by Gasteiger charge is 2.03. The molecule has 0 bridgehead atoms. The largest absolute Gasteiger partial charge is 0.383 e. The van der Waals surface area contributed by atoms with Crippen molar-refractivity contribution in [1.82, 2.24) is 14.9 Å². The van der Waals surface area contributed by atoms with Crippen LogP contribution < -0.4 is 11.1 Å². The fourth-order valence-electron chi connectivity index (χ4n) is 2.11. The highest BCUT2D eigenvalue weighted by molar-refractivity contribution is 5.77. The molecule has 1 heterocycles. The van der Waals surface area contributed by atoms with Crippen molar-refractivity contribution in [3.63, 3.8) is 0 Å². The molecule has 0 spiro atoms. The van der Waals surface area contributed by atoms with Gasteiger partial charge < -0.3 is 20.4 Å². The number of guanidine groups is 1. The Hall–Kier alpha value is -2.34. The number of nitrogens with two attached hydrogens (primary N) is 1. The van der Waals surface area contributed by atoms with E-state index >= 15 is 0 Å². The molecule has 0 amide bonds. The molecule has 0 saturated carbocycles. The second-order valence-corrected chi connectivity index (χ2v) is 4.89. The fraction of sp³-hybridized carbons (Fsp3) is 0.375. The Morgan fingerprint density at radius 2 is 2.18 bits per heavy atom. The molecule has 22 heavy (non-hydrogen) atoms. The Morgan fingerprint density at radius 1 is 1.36 bits per heavy atom. The summed E-state index contributed by atoms with van der Waals surface area (Å²) in [6.45, 7) is 2.67. The van der Waals surface area contributed by atoms with Crippen molar-refractivity contribution in [3.05, 3.63) is 54.1 Å². The van der Waals surface area contributed by atoms with Gasteiger partial charge in [0.15, 0.2) is 5.96 Å². The van der Waals surface area contributed by atoms with E-state index in [1.807, 2.05) is 30.6 Å². The first kappa shape index (κ1) is 16.0. The number of nitrogens with zero attached hydrogens (tertiary/aromatic N) is 3. The molecule has 0 aliphatic rings. The number of rotatable bonds is 8. The summed E-state index contributed by atoms with van der Waals surface area (Å²) in [5.74, 6) is 1.47. The summed E-state index contributed by atoms with van der Waals surface area (Å²) < 4.78 is 7.07. The quantitative estimate of drug-likeness (QED) is 0.434. The van der Waals surface area contributed by atoms with Crippen molar-refractivity contribution in [2.75, 3.05) is 26.8 Å². The summed E-state index contributed by atoms with van der Waals surface area (Å²) in [6.07, 6.45) is 4.62. The SMILES string of the molecule is COCCN=C(N)NCCc1nccn1Cc1ccccc1. The molecule has 2 aromatic rings. The molecule has 3 N–H and O–H groups in total. The van der Waals surface area contributed by atoms with E-state index in [9.17, 15) is 0 Å². The Bertz CT molecular complexity index is 579.